The molecule has 0 saturated carbocycles. The van der Waals surface area contributed by atoms with Gasteiger partial charge in [0.1, 0.15) is 4.99 Å². The molecular formula is C14H20BrN3S. The average molecular weight is 342 g/mol. The second-order valence-corrected chi connectivity index (χ2v) is 6.29. The third kappa shape index (κ3) is 3.91. The summed E-state index contributed by atoms with van der Waals surface area (Å²) in [6.45, 7) is 4.67. The number of nitrogens with zero attached hydrogens (tertiary/aromatic N) is 2. The molecule has 0 unspecified atom stereocenters. The van der Waals surface area contributed by atoms with E-state index in [0.29, 0.717) is 4.99 Å². The van der Waals surface area contributed by atoms with E-state index in [1.54, 1.807) is 0 Å². The molecule has 0 atom stereocenters. The summed E-state index contributed by atoms with van der Waals surface area (Å²) in [6, 6.07) is 6.13. The maximum atomic E-state index is 5.66. The summed E-state index contributed by atoms with van der Waals surface area (Å²) < 4.78 is 0.963. The van der Waals surface area contributed by atoms with Gasteiger partial charge in [-0.3, -0.25) is 0 Å². The summed E-state index contributed by atoms with van der Waals surface area (Å²) in [7, 11) is 2.12. The van der Waals surface area contributed by atoms with Crippen LogP contribution >= 0.6 is 28.1 Å². The number of likely N-dealkylation sites (N-methyl/N-ethyl adjacent to an activating group) is 1. The van der Waals surface area contributed by atoms with Crippen LogP contribution in [-0.2, 0) is 0 Å². The third-order valence-electron chi connectivity index (χ3n) is 3.61. The molecule has 1 aromatic carbocycles. The molecule has 3 nitrogen and oxygen atoms in total. The SMILES string of the molecule is CN(CCN1CCCC1)c1ccc(C(N)=S)c(Br)c1. The number of hydrogen-bond acceptors (Lipinski definition) is 3. The van der Waals surface area contributed by atoms with Gasteiger partial charge >= 0.3 is 0 Å². The molecule has 1 heterocycles. The zero-order valence-electron chi connectivity index (χ0n) is 11.2. The molecule has 5 heteroatoms. The first-order valence-corrected chi connectivity index (χ1v) is 7.81. The number of halogens is 1. The van der Waals surface area contributed by atoms with Crippen LogP contribution in [0.1, 0.15) is 18.4 Å². The van der Waals surface area contributed by atoms with E-state index in [0.717, 1.165) is 23.1 Å². The first-order chi connectivity index (χ1) is 9.08. The molecule has 104 valence electrons. The fourth-order valence-electron chi connectivity index (χ4n) is 2.37. The van der Waals surface area contributed by atoms with Crippen molar-refractivity contribution in [3.63, 3.8) is 0 Å². The van der Waals surface area contributed by atoms with Gasteiger partial charge in [0.05, 0.1) is 0 Å². The Bertz CT molecular complexity index is 458. The molecule has 2 N–H and O–H groups in total. The summed E-state index contributed by atoms with van der Waals surface area (Å²) in [5.41, 5.74) is 7.74. The lowest BCUT2D eigenvalue weighted by atomic mass is 10.2. The van der Waals surface area contributed by atoms with Crippen molar-refractivity contribution in [1.29, 1.82) is 0 Å². The van der Waals surface area contributed by atoms with Gasteiger partial charge in [-0.05, 0) is 60.1 Å². The molecular weight excluding hydrogens is 322 g/mol. The average Bonchev–Trinajstić information content (AvgIpc) is 2.88. The maximum absolute atomic E-state index is 5.66. The Hall–Kier alpha value is -0.650. The predicted octanol–water partition coefficient (Wildman–Crippen LogP) is 2.62. The Morgan fingerprint density at radius 2 is 2.11 bits per heavy atom. The minimum Gasteiger partial charge on any atom is -0.389 e. The van der Waals surface area contributed by atoms with Crippen molar-refractivity contribution in [3.8, 4) is 0 Å². The van der Waals surface area contributed by atoms with Crippen molar-refractivity contribution in [2.75, 3.05) is 38.1 Å². The highest BCUT2D eigenvalue weighted by molar-refractivity contribution is 9.10. The number of hydrogen-bond donors (Lipinski definition) is 1. The number of nitrogens with two attached hydrogens (primary N) is 1. The molecule has 1 fully saturated rings. The molecule has 0 aliphatic carbocycles. The Labute approximate surface area is 128 Å². The zero-order valence-corrected chi connectivity index (χ0v) is 13.6. The summed E-state index contributed by atoms with van der Waals surface area (Å²) in [5, 5.41) is 0. The lowest BCUT2D eigenvalue weighted by Gasteiger charge is -2.23. The van der Waals surface area contributed by atoms with Crippen molar-refractivity contribution >= 4 is 38.8 Å². The van der Waals surface area contributed by atoms with Gasteiger partial charge in [-0.25, -0.2) is 0 Å². The van der Waals surface area contributed by atoms with Crippen LogP contribution in [0.3, 0.4) is 0 Å². The van der Waals surface area contributed by atoms with E-state index in [2.05, 4.69) is 44.9 Å². The highest BCUT2D eigenvalue weighted by Gasteiger charge is 2.12. The number of likely N-dealkylation sites (tertiary alicyclic amines) is 1. The van der Waals surface area contributed by atoms with Crippen molar-refractivity contribution in [1.82, 2.24) is 4.90 Å². The quantitative estimate of drug-likeness (QED) is 0.834. The van der Waals surface area contributed by atoms with Crippen molar-refractivity contribution < 1.29 is 0 Å². The van der Waals surface area contributed by atoms with Gasteiger partial charge in [0.25, 0.3) is 0 Å². The van der Waals surface area contributed by atoms with Crippen LogP contribution in [0.15, 0.2) is 22.7 Å². The minimum absolute atomic E-state index is 0.429. The smallest absolute Gasteiger partial charge is 0.105 e. The highest BCUT2D eigenvalue weighted by atomic mass is 79.9. The molecule has 1 aliphatic rings. The fourth-order valence-corrected chi connectivity index (χ4v) is 3.26. The van der Waals surface area contributed by atoms with E-state index in [4.69, 9.17) is 18.0 Å². The Balaban J connectivity index is 1.96. The zero-order chi connectivity index (χ0) is 13.8. The van der Waals surface area contributed by atoms with Gasteiger partial charge in [-0.15, -0.1) is 0 Å². The second-order valence-electron chi connectivity index (χ2n) is 5.00. The topological polar surface area (TPSA) is 32.5 Å². The Morgan fingerprint density at radius 3 is 2.68 bits per heavy atom. The summed E-state index contributed by atoms with van der Waals surface area (Å²) in [5.74, 6) is 0. The monoisotopic (exact) mass is 341 g/mol. The van der Waals surface area contributed by atoms with E-state index >= 15 is 0 Å². The maximum Gasteiger partial charge on any atom is 0.105 e. The van der Waals surface area contributed by atoms with Crippen molar-refractivity contribution in [3.05, 3.63) is 28.2 Å². The van der Waals surface area contributed by atoms with Crippen LogP contribution in [0.2, 0.25) is 0 Å². The normalized spacial score (nSPS) is 15.7. The molecule has 0 spiro atoms. The van der Waals surface area contributed by atoms with Crippen molar-refractivity contribution in [2.24, 2.45) is 5.73 Å². The molecule has 19 heavy (non-hydrogen) atoms. The number of anilines is 1. The van der Waals surface area contributed by atoms with Crippen LogP contribution in [0.25, 0.3) is 0 Å². The molecule has 0 radical (unpaired) electrons. The Morgan fingerprint density at radius 1 is 1.42 bits per heavy atom. The highest BCUT2D eigenvalue weighted by Crippen LogP contribution is 2.23. The van der Waals surface area contributed by atoms with E-state index in [1.165, 1.54) is 31.6 Å². The van der Waals surface area contributed by atoms with Gasteiger partial charge in [-0.2, -0.15) is 0 Å². The van der Waals surface area contributed by atoms with Gasteiger partial charge in [-0.1, -0.05) is 12.2 Å². The Kier molecular flexibility index (Phi) is 5.19. The summed E-state index contributed by atoms with van der Waals surface area (Å²) in [6.07, 6.45) is 2.69. The van der Waals surface area contributed by atoms with E-state index in [9.17, 15) is 0 Å². The molecule has 2 rings (SSSR count). The van der Waals surface area contributed by atoms with Crippen LogP contribution < -0.4 is 10.6 Å². The molecule has 0 aromatic heterocycles. The largest absolute Gasteiger partial charge is 0.389 e. The molecule has 1 aromatic rings. The molecule has 1 aliphatic heterocycles. The van der Waals surface area contributed by atoms with Gasteiger partial charge < -0.3 is 15.5 Å². The molecule has 0 bridgehead atoms. The first-order valence-electron chi connectivity index (χ1n) is 6.61. The summed E-state index contributed by atoms with van der Waals surface area (Å²) in [4.78, 5) is 5.22. The van der Waals surface area contributed by atoms with E-state index in [-0.39, 0.29) is 0 Å². The van der Waals surface area contributed by atoms with Gasteiger partial charge in [0, 0.05) is 35.9 Å². The fraction of sp³-hybridized carbons (Fsp3) is 0.500. The van der Waals surface area contributed by atoms with Crippen molar-refractivity contribution in [2.45, 2.75) is 12.8 Å². The molecule has 0 amide bonds. The van der Waals surface area contributed by atoms with Crippen LogP contribution in [0.5, 0.6) is 0 Å². The first kappa shape index (κ1) is 14.8. The lowest BCUT2D eigenvalue weighted by molar-refractivity contribution is 0.346. The predicted molar refractivity (Wildman–Crippen MR) is 89.0 cm³/mol. The lowest BCUT2D eigenvalue weighted by Crippen LogP contribution is -2.31. The standard InChI is InChI=1S/C14H20BrN3S/c1-17(8-9-18-6-2-3-7-18)11-4-5-12(14(16)19)13(15)10-11/h4-5,10H,2-3,6-9H2,1H3,(H2,16,19). The summed E-state index contributed by atoms with van der Waals surface area (Å²) >= 11 is 8.54. The van der Waals surface area contributed by atoms with Crippen LogP contribution in [-0.4, -0.2) is 43.1 Å². The third-order valence-corrected chi connectivity index (χ3v) is 4.49. The molecule has 1 saturated heterocycles. The second kappa shape index (κ2) is 6.68. The van der Waals surface area contributed by atoms with Gasteiger partial charge in [0.15, 0.2) is 0 Å². The van der Waals surface area contributed by atoms with Gasteiger partial charge in [0.2, 0.25) is 0 Å². The number of thiocarbonyl (C=S) groups is 1. The van der Waals surface area contributed by atoms with Crippen LogP contribution in [0, 0.1) is 0 Å². The number of benzene rings is 1. The van der Waals surface area contributed by atoms with E-state index in [1.807, 2.05) is 6.07 Å². The minimum atomic E-state index is 0.429. The number of rotatable bonds is 5. The van der Waals surface area contributed by atoms with E-state index < -0.39 is 0 Å². The van der Waals surface area contributed by atoms with Crippen LogP contribution in [0.4, 0.5) is 5.69 Å².